The molecule has 0 aromatic carbocycles. The van der Waals surface area contributed by atoms with Crippen LogP contribution in [0.15, 0.2) is 17.5 Å². The average molecular weight is 332 g/mol. The number of carbonyl (C=O) groups is 1. The van der Waals surface area contributed by atoms with E-state index in [4.69, 9.17) is 0 Å². The van der Waals surface area contributed by atoms with Crippen LogP contribution in [0.25, 0.3) is 0 Å². The van der Waals surface area contributed by atoms with Crippen molar-refractivity contribution in [1.29, 1.82) is 0 Å². The van der Waals surface area contributed by atoms with Crippen LogP contribution in [0.2, 0.25) is 0 Å². The number of nitrogens with one attached hydrogen (secondary N) is 2. The third-order valence-corrected chi connectivity index (χ3v) is 5.61. The molecule has 0 unspecified atom stereocenters. The van der Waals surface area contributed by atoms with Gasteiger partial charge >= 0.3 is 6.03 Å². The SMILES string of the molecule is CC[C@@H](NC(=O)N1CCC[C@@H]1c1c(C)n[nH]c1C)c1cccs1. The molecule has 0 aliphatic carbocycles. The standard InChI is InChI=1S/C17H24N4OS/c1-4-13(15-8-6-10-23-15)18-17(22)21-9-5-7-14(21)16-11(2)19-20-12(16)3/h6,8,10,13-14H,4-5,7,9H2,1-3H3,(H,18,22)(H,19,20)/t13-,14-/m1/s1. The smallest absolute Gasteiger partial charge is 0.318 e. The van der Waals surface area contributed by atoms with Crippen LogP contribution in [0.5, 0.6) is 0 Å². The molecule has 2 aromatic rings. The maximum atomic E-state index is 12.8. The van der Waals surface area contributed by atoms with Crippen molar-refractivity contribution in [3.05, 3.63) is 39.3 Å². The maximum Gasteiger partial charge on any atom is 0.318 e. The van der Waals surface area contributed by atoms with Gasteiger partial charge in [-0.05, 0) is 44.6 Å². The highest BCUT2D eigenvalue weighted by atomic mass is 32.1. The van der Waals surface area contributed by atoms with Gasteiger partial charge in [-0.2, -0.15) is 5.10 Å². The lowest BCUT2D eigenvalue weighted by atomic mass is 10.0. The minimum Gasteiger partial charge on any atom is -0.330 e. The maximum absolute atomic E-state index is 12.8. The molecule has 6 heteroatoms. The third-order valence-electron chi connectivity index (χ3n) is 4.62. The molecule has 3 rings (SSSR count). The van der Waals surface area contributed by atoms with Gasteiger partial charge in [-0.1, -0.05) is 13.0 Å². The molecule has 3 heterocycles. The molecule has 1 aliphatic rings. The van der Waals surface area contributed by atoms with Crippen molar-refractivity contribution in [1.82, 2.24) is 20.4 Å². The highest BCUT2D eigenvalue weighted by Gasteiger charge is 2.33. The number of aromatic nitrogens is 2. The molecule has 5 nitrogen and oxygen atoms in total. The van der Waals surface area contributed by atoms with Gasteiger partial charge in [-0.3, -0.25) is 5.10 Å². The van der Waals surface area contributed by atoms with E-state index in [0.717, 1.165) is 37.2 Å². The highest BCUT2D eigenvalue weighted by molar-refractivity contribution is 7.10. The molecule has 23 heavy (non-hydrogen) atoms. The summed E-state index contributed by atoms with van der Waals surface area (Å²) < 4.78 is 0. The first-order valence-electron chi connectivity index (χ1n) is 8.23. The van der Waals surface area contributed by atoms with Crippen LogP contribution in [0.3, 0.4) is 0 Å². The fraction of sp³-hybridized carbons (Fsp3) is 0.529. The Morgan fingerprint density at radius 2 is 2.39 bits per heavy atom. The van der Waals surface area contributed by atoms with E-state index >= 15 is 0 Å². The van der Waals surface area contributed by atoms with Crippen LogP contribution in [-0.4, -0.2) is 27.7 Å². The number of hydrogen-bond acceptors (Lipinski definition) is 3. The number of thiophene rings is 1. The number of H-pyrrole nitrogens is 1. The zero-order valence-electron chi connectivity index (χ0n) is 13.9. The van der Waals surface area contributed by atoms with Gasteiger partial charge in [0.25, 0.3) is 0 Å². The van der Waals surface area contributed by atoms with E-state index in [9.17, 15) is 4.79 Å². The molecule has 124 valence electrons. The number of aromatic amines is 1. The van der Waals surface area contributed by atoms with E-state index in [2.05, 4.69) is 33.9 Å². The number of rotatable bonds is 4. The van der Waals surface area contributed by atoms with Gasteiger partial charge in [0, 0.05) is 22.7 Å². The number of hydrogen-bond donors (Lipinski definition) is 2. The second-order valence-corrected chi connectivity index (χ2v) is 7.10. The molecule has 0 saturated carbocycles. The minimum absolute atomic E-state index is 0.0350. The van der Waals surface area contributed by atoms with Crippen molar-refractivity contribution in [3.63, 3.8) is 0 Å². The summed E-state index contributed by atoms with van der Waals surface area (Å²) in [5, 5.41) is 12.6. The van der Waals surface area contributed by atoms with Crippen LogP contribution < -0.4 is 5.32 Å². The number of carbonyl (C=O) groups excluding carboxylic acids is 1. The number of urea groups is 1. The summed E-state index contributed by atoms with van der Waals surface area (Å²) in [6, 6.07) is 4.38. The number of amides is 2. The molecule has 1 aliphatic heterocycles. The Morgan fingerprint density at radius 1 is 1.57 bits per heavy atom. The number of likely N-dealkylation sites (tertiary alicyclic amines) is 1. The van der Waals surface area contributed by atoms with Crippen LogP contribution in [0.1, 0.15) is 60.1 Å². The zero-order chi connectivity index (χ0) is 16.4. The van der Waals surface area contributed by atoms with Gasteiger partial charge in [-0.25, -0.2) is 4.79 Å². The molecule has 2 atom stereocenters. The monoisotopic (exact) mass is 332 g/mol. The van der Waals surface area contributed by atoms with Gasteiger partial charge in [0.2, 0.25) is 0 Å². The molecular formula is C17H24N4OS. The Hall–Kier alpha value is -1.82. The molecule has 0 radical (unpaired) electrons. The second kappa shape index (κ2) is 6.74. The van der Waals surface area contributed by atoms with Crippen molar-refractivity contribution < 1.29 is 4.79 Å². The summed E-state index contributed by atoms with van der Waals surface area (Å²) in [7, 11) is 0. The van der Waals surface area contributed by atoms with E-state index in [1.807, 2.05) is 24.8 Å². The first-order chi connectivity index (χ1) is 11.1. The van der Waals surface area contributed by atoms with Gasteiger partial charge in [0.05, 0.1) is 17.8 Å². The highest BCUT2D eigenvalue weighted by Crippen LogP contribution is 2.35. The second-order valence-electron chi connectivity index (χ2n) is 6.12. The first kappa shape index (κ1) is 16.1. The molecule has 0 spiro atoms. The lowest BCUT2D eigenvalue weighted by Gasteiger charge is -2.27. The summed E-state index contributed by atoms with van der Waals surface area (Å²) in [5.74, 6) is 0. The number of aryl methyl sites for hydroxylation is 2. The molecular weight excluding hydrogens is 308 g/mol. The van der Waals surface area contributed by atoms with Crippen LogP contribution >= 0.6 is 11.3 Å². The summed E-state index contributed by atoms with van der Waals surface area (Å²) in [6.07, 6.45) is 2.94. The molecule has 1 saturated heterocycles. The third kappa shape index (κ3) is 3.13. The minimum atomic E-state index is 0.0350. The molecule has 2 amide bonds. The van der Waals surface area contributed by atoms with Crippen LogP contribution in [-0.2, 0) is 0 Å². The quantitative estimate of drug-likeness (QED) is 0.886. The Bertz CT molecular complexity index is 645. The summed E-state index contributed by atoms with van der Waals surface area (Å²) in [6.45, 7) is 6.95. The van der Waals surface area contributed by atoms with Gasteiger partial charge in [-0.15, -0.1) is 11.3 Å². The van der Waals surface area contributed by atoms with Crippen molar-refractivity contribution in [2.24, 2.45) is 0 Å². The lowest BCUT2D eigenvalue weighted by Crippen LogP contribution is -2.41. The van der Waals surface area contributed by atoms with E-state index in [1.165, 1.54) is 10.4 Å². The average Bonchev–Trinajstić information content (AvgIpc) is 3.26. The fourth-order valence-electron chi connectivity index (χ4n) is 3.46. The Balaban J connectivity index is 1.76. The lowest BCUT2D eigenvalue weighted by molar-refractivity contribution is 0.188. The van der Waals surface area contributed by atoms with E-state index in [0.29, 0.717) is 0 Å². The van der Waals surface area contributed by atoms with Crippen LogP contribution in [0, 0.1) is 13.8 Å². The van der Waals surface area contributed by atoms with E-state index < -0.39 is 0 Å². The van der Waals surface area contributed by atoms with Gasteiger partial charge in [0.15, 0.2) is 0 Å². The van der Waals surface area contributed by atoms with Gasteiger partial charge < -0.3 is 10.2 Å². The largest absolute Gasteiger partial charge is 0.330 e. The molecule has 2 aromatic heterocycles. The number of nitrogens with zero attached hydrogens (tertiary/aromatic N) is 2. The molecule has 0 bridgehead atoms. The summed E-state index contributed by atoms with van der Waals surface area (Å²) in [4.78, 5) is 16.0. The van der Waals surface area contributed by atoms with Gasteiger partial charge in [0.1, 0.15) is 0 Å². The van der Waals surface area contributed by atoms with Crippen molar-refractivity contribution in [3.8, 4) is 0 Å². The summed E-state index contributed by atoms with van der Waals surface area (Å²) >= 11 is 1.70. The Kier molecular flexibility index (Phi) is 4.71. The van der Waals surface area contributed by atoms with E-state index in [1.54, 1.807) is 11.3 Å². The fourth-order valence-corrected chi connectivity index (χ4v) is 4.32. The predicted molar refractivity (Wildman–Crippen MR) is 92.6 cm³/mol. The zero-order valence-corrected chi connectivity index (χ0v) is 14.7. The Labute approximate surface area is 141 Å². The van der Waals surface area contributed by atoms with Crippen molar-refractivity contribution >= 4 is 17.4 Å². The van der Waals surface area contributed by atoms with E-state index in [-0.39, 0.29) is 18.1 Å². The summed E-state index contributed by atoms with van der Waals surface area (Å²) in [5.41, 5.74) is 3.25. The van der Waals surface area contributed by atoms with Crippen molar-refractivity contribution in [2.45, 2.75) is 52.1 Å². The molecule has 1 fully saturated rings. The topological polar surface area (TPSA) is 61.0 Å². The van der Waals surface area contributed by atoms with Crippen molar-refractivity contribution in [2.75, 3.05) is 6.54 Å². The molecule has 2 N–H and O–H groups in total. The first-order valence-corrected chi connectivity index (χ1v) is 9.11. The Morgan fingerprint density at radius 3 is 3.00 bits per heavy atom. The van der Waals surface area contributed by atoms with Crippen LogP contribution in [0.4, 0.5) is 4.79 Å². The predicted octanol–water partition coefficient (Wildman–Crippen LogP) is 4.09. The normalized spacial score (nSPS) is 19.1.